The van der Waals surface area contributed by atoms with Gasteiger partial charge in [0.25, 0.3) is 0 Å². The molecule has 0 saturated carbocycles. The van der Waals surface area contributed by atoms with Crippen LogP contribution in [-0.4, -0.2) is 37.7 Å². The van der Waals surface area contributed by atoms with Crippen LogP contribution in [0.2, 0.25) is 0 Å². The van der Waals surface area contributed by atoms with Crippen molar-refractivity contribution in [3.8, 4) is 5.75 Å². The van der Waals surface area contributed by atoms with Crippen LogP contribution in [0.3, 0.4) is 0 Å². The minimum absolute atomic E-state index is 0.0240. The Balaban J connectivity index is 1.70. The van der Waals surface area contributed by atoms with Crippen LogP contribution in [0.5, 0.6) is 5.75 Å². The molecular weight excluding hydrogens is 357 g/mol. The van der Waals surface area contributed by atoms with Crippen LogP contribution in [0.15, 0.2) is 48.5 Å². The zero-order valence-corrected chi connectivity index (χ0v) is 16.2. The first kappa shape index (κ1) is 18.9. The fraction of sp³-hybridized carbons (Fsp3) is 0.435. The maximum Gasteiger partial charge on any atom is 0.233 e. The summed E-state index contributed by atoms with van der Waals surface area (Å²) in [6.45, 7) is 1.75. The molecule has 2 fully saturated rings. The Labute approximate surface area is 165 Å². The smallest absolute Gasteiger partial charge is 0.233 e. The van der Waals surface area contributed by atoms with Crippen molar-refractivity contribution < 1.29 is 18.7 Å². The Morgan fingerprint density at radius 3 is 2.71 bits per heavy atom. The fourth-order valence-corrected chi connectivity index (χ4v) is 4.61. The first-order valence-electron chi connectivity index (χ1n) is 9.93. The van der Waals surface area contributed by atoms with Gasteiger partial charge in [-0.1, -0.05) is 24.3 Å². The summed E-state index contributed by atoms with van der Waals surface area (Å²) in [5.74, 6) is 0.580. The predicted molar refractivity (Wildman–Crippen MR) is 105 cm³/mol. The molecule has 2 aliphatic heterocycles. The second-order valence-electron chi connectivity index (χ2n) is 7.64. The highest BCUT2D eigenvalue weighted by atomic mass is 19.1. The number of likely N-dealkylation sites (tertiary alicyclic amines) is 1. The molecule has 0 N–H and O–H groups in total. The van der Waals surface area contributed by atoms with Crippen LogP contribution < -0.4 is 4.74 Å². The molecule has 4 nitrogen and oxygen atoms in total. The van der Waals surface area contributed by atoms with Gasteiger partial charge in [0.2, 0.25) is 5.91 Å². The highest BCUT2D eigenvalue weighted by Crippen LogP contribution is 2.42. The summed E-state index contributed by atoms with van der Waals surface area (Å²) < 4.78 is 24.9. The summed E-state index contributed by atoms with van der Waals surface area (Å²) in [6.07, 6.45) is 3.05. The Morgan fingerprint density at radius 2 is 1.96 bits per heavy atom. The summed E-state index contributed by atoms with van der Waals surface area (Å²) >= 11 is 0. The molecule has 4 rings (SSSR count). The van der Waals surface area contributed by atoms with Crippen LogP contribution in [0, 0.1) is 5.82 Å². The molecule has 2 aromatic rings. The van der Waals surface area contributed by atoms with E-state index < -0.39 is 5.41 Å². The number of benzene rings is 2. The van der Waals surface area contributed by atoms with Gasteiger partial charge in [0, 0.05) is 19.8 Å². The number of carbonyl (C=O) groups excluding carboxylic acids is 1. The van der Waals surface area contributed by atoms with Crippen molar-refractivity contribution in [1.82, 2.24) is 4.90 Å². The van der Waals surface area contributed by atoms with Gasteiger partial charge in [0.05, 0.1) is 18.6 Å². The van der Waals surface area contributed by atoms with E-state index in [4.69, 9.17) is 9.47 Å². The molecule has 2 heterocycles. The van der Waals surface area contributed by atoms with Gasteiger partial charge in [-0.25, -0.2) is 4.39 Å². The summed E-state index contributed by atoms with van der Waals surface area (Å²) in [7, 11) is 1.65. The van der Waals surface area contributed by atoms with Crippen molar-refractivity contribution in [2.45, 2.75) is 37.1 Å². The molecule has 0 unspecified atom stereocenters. The molecule has 2 aliphatic rings. The maximum absolute atomic E-state index is 14.0. The molecule has 1 amide bonds. The Bertz CT molecular complexity index is 847. The number of methoxy groups -OCH3 is 1. The lowest BCUT2D eigenvalue weighted by atomic mass is 9.72. The molecule has 2 saturated heterocycles. The molecule has 0 spiro atoms. The van der Waals surface area contributed by atoms with Crippen LogP contribution in [-0.2, 0) is 14.9 Å². The topological polar surface area (TPSA) is 38.8 Å². The average molecular weight is 383 g/mol. The largest absolute Gasteiger partial charge is 0.497 e. The molecule has 0 aliphatic carbocycles. The quantitative estimate of drug-likeness (QED) is 0.792. The van der Waals surface area contributed by atoms with Crippen molar-refractivity contribution in [3.63, 3.8) is 0 Å². The van der Waals surface area contributed by atoms with Gasteiger partial charge < -0.3 is 14.4 Å². The summed E-state index contributed by atoms with van der Waals surface area (Å²) in [5, 5.41) is 0. The van der Waals surface area contributed by atoms with E-state index in [2.05, 4.69) is 6.07 Å². The van der Waals surface area contributed by atoms with Gasteiger partial charge in [-0.05, 0) is 61.1 Å². The van der Waals surface area contributed by atoms with E-state index in [0.717, 1.165) is 36.3 Å². The fourth-order valence-electron chi connectivity index (χ4n) is 4.61. The minimum Gasteiger partial charge on any atom is -0.497 e. The number of rotatable bonds is 4. The number of ether oxygens (including phenoxy) is 2. The van der Waals surface area contributed by atoms with E-state index in [0.29, 0.717) is 26.1 Å². The first-order chi connectivity index (χ1) is 13.6. The van der Waals surface area contributed by atoms with Crippen LogP contribution in [0.1, 0.15) is 42.9 Å². The summed E-state index contributed by atoms with van der Waals surface area (Å²) in [5.41, 5.74) is 1.13. The van der Waals surface area contributed by atoms with E-state index in [1.54, 1.807) is 13.2 Å². The molecule has 5 heteroatoms. The number of amides is 1. The zero-order chi connectivity index (χ0) is 19.6. The molecule has 148 valence electrons. The normalized spacial score (nSPS) is 21.5. The van der Waals surface area contributed by atoms with Crippen molar-refractivity contribution in [1.29, 1.82) is 0 Å². The van der Waals surface area contributed by atoms with Gasteiger partial charge in [0.1, 0.15) is 11.6 Å². The van der Waals surface area contributed by atoms with E-state index >= 15 is 0 Å². The van der Waals surface area contributed by atoms with Gasteiger partial charge in [-0.2, -0.15) is 0 Å². The predicted octanol–water partition coefficient (Wildman–Crippen LogP) is 4.25. The second-order valence-corrected chi connectivity index (χ2v) is 7.64. The number of nitrogens with zero attached hydrogens (tertiary/aromatic N) is 1. The third-order valence-electron chi connectivity index (χ3n) is 6.13. The number of hydrogen-bond donors (Lipinski definition) is 0. The standard InChI is InChI=1S/C23H26FNO3/c1-27-20-8-2-5-17(15-20)21-9-4-12-25(21)22(26)23(10-13-28-14-11-23)18-6-3-7-19(24)16-18/h2-3,5-8,15-16,21H,4,9-14H2,1H3/t21-/m0/s1. The molecular formula is C23H26FNO3. The lowest BCUT2D eigenvalue weighted by Crippen LogP contribution is -2.49. The van der Waals surface area contributed by atoms with Crippen LogP contribution in [0.25, 0.3) is 0 Å². The maximum atomic E-state index is 14.0. The van der Waals surface area contributed by atoms with E-state index in [1.807, 2.05) is 29.2 Å². The molecule has 0 bridgehead atoms. The van der Waals surface area contributed by atoms with Crippen LogP contribution in [0.4, 0.5) is 4.39 Å². The Kier molecular flexibility index (Phi) is 5.36. The first-order valence-corrected chi connectivity index (χ1v) is 9.93. The van der Waals surface area contributed by atoms with Crippen molar-refractivity contribution >= 4 is 5.91 Å². The number of carbonyl (C=O) groups is 1. The zero-order valence-electron chi connectivity index (χ0n) is 16.2. The van der Waals surface area contributed by atoms with Gasteiger partial charge >= 0.3 is 0 Å². The Morgan fingerprint density at radius 1 is 1.18 bits per heavy atom. The van der Waals surface area contributed by atoms with Crippen molar-refractivity contribution in [2.24, 2.45) is 0 Å². The van der Waals surface area contributed by atoms with E-state index in [9.17, 15) is 9.18 Å². The van der Waals surface area contributed by atoms with Crippen LogP contribution >= 0.6 is 0 Å². The summed E-state index contributed by atoms with van der Waals surface area (Å²) in [6, 6.07) is 14.5. The molecule has 2 aromatic carbocycles. The molecule has 1 atom stereocenters. The van der Waals surface area contributed by atoms with Crippen molar-refractivity contribution in [2.75, 3.05) is 26.9 Å². The highest BCUT2D eigenvalue weighted by molar-refractivity contribution is 5.89. The monoisotopic (exact) mass is 383 g/mol. The molecule has 0 aromatic heterocycles. The van der Waals surface area contributed by atoms with Gasteiger partial charge in [-0.15, -0.1) is 0 Å². The number of hydrogen-bond acceptors (Lipinski definition) is 3. The van der Waals surface area contributed by atoms with E-state index in [1.165, 1.54) is 12.1 Å². The van der Waals surface area contributed by atoms with E-state index in [-0.39, 0.29) is 17.8 Å². The summed E-state index contributed by atoms with van der Waals surface area (Å²) in [4.78, 5) is 15.9. The highest BCUT2D eigenvalue weighted by Gasteiger charge is 2.46. The SMILES string of the molecule is COc1cccc([C@@H]2CCCN2C(=O)C2(c3cccc(F)c3)CCOCC2)c1. The second kappa shape index (κ2) is 7.92. The molecule has 28 heavy (non-hydrogen) atoms. The third-order valence-corrected chi connectivity index (χ3v) is 6.13. The number of halogens is 1. The average Bonchev–Trinajstić information content (AvgIpc) is 3.23. The Hall–Kier alpha value is -2.40. The van der Waals surface area contributed by atoms with Crippen molar-refractivity contribution in [3.05, 3.63) is 65.5 Å². The minimum atomic E-state index is -0.720. The third kappa shape index (κ3) is 3.39. The van der Waals surface area contributed by atoms with Gasteiger partial charge in [-0.3, -0.25) is 4.79 Å². The molecule has 0 radical (unpaired) electrons. The van der Waals surface area contributed by atoms with Gasteiger partial charge in [0.15, 0.2) is 0 Å². The lowest BCUT2D eigenvalue weighted by molar-refractivity contribution is -0.142. The lowest BCUT2D eigenvalue weighted by Gasteiger charge is -2.41.